The molecule has 18 heavy (non-hydrogen) atoms. The molecule has 1 aliphatic heterocycles. The van der Waals surface area contributed by atoms with Crippen molar-refractivity contribution in [2.75, 3.05) is 13.1 Å². The predicted molar refractivity (Wildman–Crippen MR) is 70.4 cm³/mol. The molecule has 1 aliphatic rings. The van der Waals surface area contributed by atoms with Gasteiger partial charge >= 0.3 is 0 Å². The standard InChI is InChI=1S/C13H19N3O2/c1-10-8-15(11(2)7-14-10)9-12-4-3-5-13(6-12)16(17)18/h3-6,10-11,14H,7-9H2,1-2H3. The van der Waals surface area contributed by atoms with Crippen LogP contribution in [0.4, 0.5) is 5.69 Å². The average molecular weight is 249 g/mol. The normalized spacial score (nSPS) is 25.0. The zero-order chi connectivity index (χ0) is 13.1. The molecule has 0 radical (unpaired) electrons. The molecule has 1 aromatic carbocycles. The minimum atomic E-state index is -0.340. The van der Waals surface area contributed by atoms with Gasteiger partial charge in [0, 0.05) is 43.9 Å². The molecule has 98 valence electrons. The van der Waals surface area contributed by atoms with E-state index in [-0.39, 0.29) is 10.6 Å². The van der Waals surface area contributed by atoms with Crippen LogP contribution in [0, 0.1) is 10.1 Å². The summed E-state index contributed by atoms with van der Waals surface area (Å²) in [6.45, 7) is 7.05. The SMILES string of the molecule is CC1CN(Cc2cccc([N+](=O)[O-])c2)C(C)CN1. The Morgan fingerprint density at radius 2 is 2.28 bits per heavy atom. The van der Waals surface area contributed by atoms with Crippen molar-refractivity contribution >= 4 is 5.69 Å². The van der Waals surface area contributed by atoms with Crippen LogP contribution in [0.3, 0.4) is 0 Å². The highest BCUT2D eigenvalue weighted by molar-refractivity contribution is 5.34. The Morgan fingerprint density at radius 3 is 3.00 bits per heavy atom. The van der Waals surface area contributed by atoms with Crippen LogP contribution in [-0.4, -0.2) is 35.0 Å². The highest BCUT2D eigenvalue weighted by Gasteiger charge is 2.22. The molecule has 5 heteroatoms. The zero-order valence-electron chi connectivity index (χ0n) is 10.8. The Kier molecular flexibility index (Phi) is 3.93. The summed E-state index contributed by atoms with van der Waals surface area (Å²) in [5.74, 6) is 0. The zero-order valence-corrected chi connectivity index (χ0v) is 10.8. The lowest BCUT2D eigenvalue weighted by atomic mass is 10.1. The van der Waals surface area contributed by atoms with E-state index in [2.05, 4.69) is 24.1 Å². The lowest BCUT2D eigenvalue weighted by Gasteiger charge is -2.37. The van der Waals surface area contributed by atoms with Crippen molar-refractivity contribution in [1.82, 2.24) is 10.2 Å². The van der Waals surface area contributed by atoms with Gasteiger partial charge in [-0.1, -0.05) is 12.1 Å². The Morgan fingerprint density at radius 1 is 1.50 bits per heavy atom. The first-order valence-electron chi connectivity index (χ1n) is 6.27. The van der Waals surface area contributed by atoms with Crippen LogP contribution >= 0.6 is 0 Å². The van der Waals surface area contributed by atoms with Gasteiger partial charge in [0.05, 0.1) is 4.92 Å². The number of nitro groups is 1. The van der Waals surface area contributed by atoms with Crippen LogP contribution < -0.4 is 5.32 Å². The number of non-ortho nitro benzene ring substituents is 1. The van der Waals surface area contributed by atoms with E-state index in [9.17, 15) is 10.1 Å². The summed E-state index contributed by atoms with van der Waals surface area (Å²) in [7, 11) is 0. The summed E-state index contributed by atoms with van der Waals surface area (Å²) < 4.78 is 0. The molecule has 2 rings (SSSR count). The minimum absolute atomic E-state index is 0.170. The minimum Gasteiger partial charge on any atom is -0.311 e. The van der Waals surface area contributed by atoms with E-state index >= 15 is 0 Å². The van der Waals surface area contributed by atoms with Crippen LogP contribution in [0.5, 0.6) is 0 Å². The molecule has 0 aliphatic carbocycles. The first kappa shape index (κ1) is 13.0. The quantitative estimate of drug-likeness (QED) is 0.655. The smallest absolute Gasteiger partial charge is 0.269 e. The first-order chi connectivity index (χ1) is 8.56. The highest BCUT2D eigenvalue weighted by Crippen LogP contribution is 2.17. The molecule has 0 spiro atoms. The molecule has 2 unspecified atom stereocenters. The fraction of sp³-hybridized carbons (Fsp3) is 0.538. The van der Waals surface area contributed by atoms with Gasteiger partial charge in [-0.05, 0) is 19.4 Å². The third-order valence-electron chi connectivity index (χ3n) is 3.40. The van der Waals surface area contributed by atoms with Gasteiger partial charge in [-0.2, -0.15) is 0 Å². The van der Waals surface area contributed by atoms with E-state index in [4.69, 9.17) is 0 Å². The van der Waals surface area contributed by atoms with Crippen molar-refractivity contribution in [2.24, 2.45) is 0 Å². The number of nitro benzene ring substituents is 1. The van der Waals surface area contributed by atoms with Gasteiger partial charge in [-0.15, -0.1) is 0 Å². The molecule has 1 fully saturated rings. The van der Waals surface area contributed by atoms with E-state index in [1.165, 1.54) is 6.07 Å². The maximum atomic E-state index is 10.7. The van der Waals surface area contributed by atoms with Crippen LogP contribution in [0.15, 0.2) is 24.3 Å². The lowest BCUT2D eigenvalue weighted by molar-refractivity contribution is -0.384. The predicted octanol–water partition coefficient (Wildman–Crippen LogP) is 1.78. The van der Waals surface area contributed by atoms with E-state index in [1.54, 1.807) is 12.1 Å². The number of benzene rings is 1. The summed E-state index contributed by atoms with van der Waals surface area (Å²) in [4.78, 5) is 12.8. The van der Waals surface area contributed by atoms with Gasteiger partial charge in [-0.3, -0.25) is 15.0 Å². The lowest BCUT2D eigenvalue weighted by Crippen LogP contribution is -2.53. The van der Waals surface area contributed by atoms with Gasteiger partial charge in [0.2, 0.25) is 0 Å². The second-order valence-corrected chi connectivity index (χ2v) is 5.01. The topological polar surface area (TPSA) is 58.4 Å². The molecule has 2 atom stereocenters. The Balaban J connectivity index is 2.08. The van der Waals surface area contributed by atoms with Crippen LogP contribution in [0.2, 0.25) is 0 Å². The summed E-state index contributed by atoms with van der Waals surface area (Å²) in [6, 6.07) is 7.84. The number of piperazine rings is 1. The van der Waals surface area contributed by atoms with Crippen LogP contribution in [0.1, 0.15) is 19.4 Å². The van der Waals surface area contributed by atoms with Crippen molar-refractivity contribution < 1.29 is 4.92 Å². The monoisotopic (exact) mass is 249 g/mol. The van der Waals surface area contributed by atoms with Gasteiger partial charge in [-0.25, -0.2) is 0 Å². The number of hydrogen-bond donors (Lipinski definition) is 1. The maximum absolute atomic E-state index is 10.7. The Hall–Kier alpha value is -1.46. The summed E-state index contributed by atoms with van der Waals surface area (Å²) in [6.07, 6.45) is 0. The molecule has 1 aromatic rings. The molecular formula is C13H19N3O2. The number of hydrogen-bond acceptors (Lipinski definition) is 4. The van der Waals surface area contributed by atoms with Gasteiger partial charge in [0.25, 0.3) is 5.69 Å². The molecule has 1 heterocycles. The van der Waals surface area contributed by atoms with E-state index in [1.807, 2.05) is 6.07 Å². The number of rotatable bonds is 3. The Bertz CT molecular complexity index is 436. The molecular weight excluding hydrogens is 230 g/mol. The average Bonchev–Trinajstić information content (AvgIpc) is 2.34. The summed E-state index contributed by atoms with van der Waals surface area (Å²) >= 11 is 0. The molecule has 1 saturated heterocycles. The van der Waals surface area contributed by atoms with E-state index in [0.29, 0.717) is 12.1 Å². The van der Waals surface area contributed by atoms with E-state index in [0.717, 1.165) is 25.2 Å². The fourth-order valence-electron chi connectivity index (χ4n) is 2.32. The second kappa shape index (κ2) is 5.46. The number of nitrogens with one attached hydrogen (secondary N) is 1. The van der Waals surface area contributed by atoms with E-state index < -0.39 is 0 Å². The molecule has 0 bridgehead atoms. The summed E-state index contributed by atoms with van der Waals surface area (Å²) in [5.41, 5.74) is 1.17. The molecule has 0 aromatic heterocycles. The molecule has 1 N–H and O–H groups in total. The van der Waals surface area contributed by atoms with Gasteiger partial charge < -0.3 is 5.32 Å². The van der Waals surface area contributed by atoms with Crippen molar-refractivity contribution in [3.05, 3.63) is 39.9 Å². The maximum Gasteiger partial charge on any atom is 0.269 e. The Labute approximate surface area is 107 Å². The first-order valence-corrected chi connectivity index (χ1v) is 6.27. The van der Waals surface area contributed by atoms with Crippen LogP contribution in [0.25, 0.3) is 0 Å². The third-order valence-corrected chi connectivity index (χ3v) is 3.40. The summed E-state index contributed by atoms with van der Waals surface area (Å²) in [5, 5.41) is 14.2. The van der Waals surface area contributed by atoms with Crippen LogP contribution in [-0.2, 0) is 6.54 Å². The van der Waals surface area contributed by atoms with Gasteiger partial charge in [0.15, 0.2) is 0 Å². The largest absolute Gasteiger partial charge is 0.311 e. The molecule has 5 nitrogen and oxygen atoms in total. The molecule has 0 amide bonds. The molecule has 0 saturated carbocycles. The van der Waals surface area contributed by atoms with Crippen molar-refractivity contribution in [3.63, 3.8) is 0 Å². The van der Waals surface area contributed by atoms with Crippen molar-refractivity contribution in [1.29, 1.82) is 0 Å². The highest BCUT2D eigenvalue weighted by atomic mass is 16.6. The second-order valence-electron chi connectivity index (χ2n) is 5.01. The third kappa shape index (κ3) is 3.05. The fourth-order valence-corrected chi connectivity index (χ4v) is 2.32. The number of nitrogens with zero attached hydrogens (tertiary/aromatic N) is 2. The van der Waals surface area contributed by atoms with Crippen molar-refractivity contribution in [3.8, 4) is 0 Å². The van der Waals surface area contributed by atoms with Crippen molar-refractivity contribution in [2.45, 2.75) is 32.5 Å². The van der Waals surface area contributed by atoms with Gasteiger partial charge in [0.1, 0.15) is 0 Å².